The third-order valence-corrected chi connectivity index (χ3v) is 4.59. The molecule has 1 amide bonds. The van der Waals surface area contributed by atoms with Crippen molar-refractivity contribution in [2.45, 2.75) is 13.0 Å². The van der Waals surface area contributed by atoms with E-state index in [9.17, 15) is 13.2 Å². The second kappa shape index (κ2) is 7.62. The number of ether oxygens (including phenoxy) is 3. The predicted molar refractivity (Wildman–Crippen MR) is 83.2 cm³/mol. The third-order valence-electron chi connectivity index (χ3n) is 3.09. The molecule has 0 bridgehead atoms. The van der Waals surface area contributed by atoms with Crippen molar-refractivity contribution in [3.8, 4) is 11.5 Å². The lowest BCUT2D eigenvalue weighted by molar-refractivity contribution is 0.0955. The molecule has 0 spiro atoms. The van der Waals surface area contributed by atoms with Gasteiger partial charge in [-0.3, -0.25) is 4.79 Å². The number of nitrogens with one attached hydrogen (secondary N) is 2. The van der Waals surface area contributed by atoms with Gasteiger partial charge in [-0.05, 0) is 25.1 Å². The molecule has 0 saturated carbocycles. The van der Waals surface area contributed by atoms with Crippen LogP contribution in [0.2, 0.25) is 0 Å². The first-order valence-electron chi connectivity index (χ1n) is 7.08. The molecule has 1 aromatic rings. The van der Waals surface area contributed by atoms with Gasteiger partial charge in [-0.15, -0.1) is 0 Å². The van der Waals surface area contributed by atoms with E-state index >= 15 is 0 Å². The van der Waals surface area contributed by atoms with E-state index in [0.29, 0.717) is 17.1 Å². The molecule has 2 rings (SSSR count). The Labute approximate surface area is 135 Å². The second-order valence-electron chi connectivity index (χ2n) is 5.12. The van der Waals surface area contributed by atoms with Crippen LogP contribution in [0.5, 0.6) is 11.5 Å². The van der Waals surface area contributed by atoms with E-state index in [1.54, 1.807) is 25.1 Å². The summed E-state index contributed by atoms with van der Waals surface area (Å²) < 4.78 is 41.4. The van der Waals surface area contributed by atoms with Crippen LogP contribution in [0.1, 0.15) is 17.3 Å². The molecule has 1 unspecified atom stereocenters. The zero-order valence-corrected chi connectivity index (χ0v) is 13.8. The fourth-order valence-corrected chi connectivity index (χ4v) is 3.26. The van der Waals surface area contributed by atoms with Crippen molar-refractivity contribution in [3.05, 3.63) is 23.8 Å². The van der Waals surface area contributed by atoms with E-state index in [1.807, 2.05) is 0 Å². The predicted octanol–water partition coefficient (Wildman–Crippen LogP) is 0.0994. The van der Waals surface area contributed by atoms with Crippen LogP contribution in [-0.2, 0) is 14.8 Å². The zero-order valence-electron chi connectivity index (χ0n) is 13.0. The lowest BCUT2D eigenvalue weighted by Gasteiger charge is -2.13. The number of rotatable bonds is 8. The molecule has 1 aliphatic heterocycles. The SMILES string of the molecule is COCC(C)NS(=O)(=O)CCNC(=O)c1ccc2c(c1)OCO2. The molecule has 0 radical (unpaired) electrons. The first-order valence-corrected chi connectivity index (χ1v) is 8.73. The fraction of sp³-hybridized carbons (Fsp3) is 0.500. The number of benzene rings is 1. The number of sulfonamides is 1. The van der Waals surface area contributed by atoms with Crippen molar-refractivity contribution in [2.24, 2.45) is 0 Å². The summed E-state index contributed by atoms with van der Waals surface area (Å²) in [6, 6.07) is 4.47. The number of carbonyl (C=O) groups is 1. The molecule has 1 atom stereocenters. The highest BCUT2D eigenvalue weighted by atomic mass is 32.2. The molecule has 9 heteroatoms. The third kappa shape index (κ3) is 5.08. The molecular weight excluding hydrogens is 324 g/mol. The Morgan fingerprint density at radius 3 is 2.83 bits per heavy atom. The standard InChI is InChI=1S/C14H20N2O6S/c1-10(8-20-2)16-23(18,19)6-5-15-14(17)11-3-4-12-13(7-11)22-9-21-12/h3-4,7,10,16H,5-6,8-9H2,1-2H3,(H,15,17). The van der Waals surface area contributed by atoms with Crippen molar-refractivity contribution in [3.63, 3.8) is 0 Å². The number of hydrogen-bond donors (Lipinski definition) is 2. The summed E-state index contributed by atoms with van der Waals surface area (Å²) in [6.45, 7) is 2.11. The minimum absolute atomic E-state index is 0.00229. The average molecular weight is 344 g/mol. The van der Waals surface area contributed by atoms with E-state index in [-0.39, 0.29) is 37.6 Å². The second-order valence-corrected chi connectivity index (χ2v) is 6.99. The molecule has 0 aromatic heterocycles. The number of methoxy groups -OCH3 is 1. The molecule has 1 aliphatic rings. The van der Waals surface area contributed by atoms with Gasteiger partial charge in [0.1, 0.15) is 0 Å². The minimum atomic E-state index is -3.48. The summed E-state index contributed by atoms with van der Waals surface area (Å²) in [7, 11) is -1.98. The Bertz CT molecular complexity index is 661. The summed E-state index contributed by atoms with van der Waals surface area (Å²) in [5.74, 6) is 0.501. The van der Waals surface area contributed by atoms with E-state index in [2.05, 4.69) is 10.0 Å². The van der Waals surface area contributed by atoms with Crippen molar-refractivity contribution in [1.82, 2.24) is 10.0 Å². The van der Waals surface area contributed by atoms with Crippen LogP contribution in [0.25, 0.3) is 0 Å². The zero-order chi connectivity index (χ0) is 16.9. The molecule has 128 valence electrons. The van der Waals surface area contributed by atoms with E-state index in [4.69, 9.17) is 14.2 Å². The lowest BCUT2D eigenvalue weighted by atomic mass is 10.2. The quantitative estimate of drug-likeness (QED) is 0.693. The molecular formula is C14H20N2O6S. The van der Waals surface area contributed by atoms with E-state index < -0.39 is 10.0 Å². The molecule has 0 fully saturated rings. The van der Waals surface area contributed by atoms with Crippen molar-refractivity contribution in [1.29, 1.82) is 0 Å². The maximum atomic E-state index is 12.0. The van der Waals surface area contributed by atoms with Gasteiger partial charge >= 0.3 is 0 Å². The van der Waals surface area contributed by atoms with Crippen LogP contribution in [0, 0.1) is 0 Å². The van der Waals surface area contributed by atoms with Crippen molar-refractivity contribution >= 4 is 15.9 Å². The topological polar surface area (TPSA) is 103 Å². The minimum Gasteiger partial charge on any atom is -0.454 e. The average Bonchev–Trinajstić information content (AvgIpc) is 2.93. The van der Waals surface area contributed by atoms with Gasteiger partial charge in [0.05, 0.1) is 12.4 Å². The highest BCUT2D eigenvalue weighted by molar-refractivity contribution is 7.89. The molecule has 0 saturated heterocycles. The Morgan fingerprint density at radius 2 is 2.09 bits per heavy atom. The summed E-state index contributed by atoms with van der Waals surface area (Å²) >= 11 is 0. The molecule has 23 heavy (non-hydrogen) atoms. The Hall–Kier alpha value is -1.84. The Morgan fingerprint density at radius 1 is 1.35 bits per heavy atom. The number of carbonyl (C=O) groups excluding carboxylic acids is 1. The Kier molecular flexibility index (Phi) is 5.80. The fourth-order valence-electron chi connectivity index (χ4n) is 2.09. The van der Waals surface area contributed by atoms with Crippen LogP contribution >= 0.6 is 0 Å². The maximum absolute atomic E-state index is 12.0. The van der Waals surface area contributed by atoms with Crippen molar-refractivity contribution in [2.75, 3.05) is 32.8 Å². The van der Waals surface area contributed by atoms with Crippen molar-refractivity contribution < 1.29 is 27.4 Å². The summed E-state index contributed by atoms with van der Waals surface area (Å²) in [5.41, 5.74) is 0.382. The molecule has 2 N–H and O–H groups in total. The smallest absolute Gasteiger partial charge is 0.251 e. The van der Waals surface area contributed by atoms with Gasteiger partial charge in [0, 0.05) is 25.3 Å². The number of amides is 1. The van der Waals surface area contributed by atoms with Gasteiger partial charge < -0.3 is 19.5 Å². The summed E-state index contributed by atoms with van der Waals surface area (Å²) in [4.78, 5) is 12.0. The summed E-state index contributed by atoms with van der Waals surface area (Å²) in [6.07, 6.45) is 0. The van der Waals surface area contributed by atoms with Gasteiger partial charge in [-0.2, -0.15) is 0 Å². The van der Waals surface area contributed by atoms with Gasteiger partial charge in [0.15, 0.2) is 11.5 Å². The molecule has 1 aromatic carbocycles. The first-order chi connectivity index (χ1) is 10.9. The van der Waals surface area contributed by atoms with Crippen LogP contribution < -0.4 is 19.5 Å². The van der Waals surface area contributed by atoms with E-state index in [0.717, 1.165) is 0 Å². The lowest BCUT2D eigenvalue weighted by Crippen LogP contribution is -2.40. The van der Waals surface area contributed by atoms with Gasteiger partial charge in [-0.1, -0.05) is 0 Å². The monoisotopic (exact) mass is 344 g/mol. The molecule has 8 nitrogen and oxygen atoms in total. The van der Waals surface area contributed by atoms with Gasteiger partial charge in [-0.25, -0.2) is 13.1 Å². The Balaban J connectivity index is 1.82. The normalized spacial score (nSPS) is 14.5. The highest BCUT2D eigenvalue weighted by Gasteiger charge is 2.17. The van der Waals surface area contributed by atoms with E-state index in [1.165, 1.54) is 7.11 Å². The van der Waals surface area contributed by atoms with Crippen LogP contribution in [0.4, 0.5) is 0 Å². The molecule has 1 heterocycles. The first kappa shape index (κ1) is 17.5. The largest absolute Gasteiger partial charge is 0.454 e. The van der Waals surface area contributed by atoms with Crippen LogP contribution in [0.15, 0.2) is 18.2 Å². The highest BCUT2D eigenvalue weighted by Crippen LogP contribution is 2.32. The van der Waals surface area contributed by atoms with Crippen LogP contribution in [-0.4, -0.2) is 53.2 Å². The number of hydrogen-bond acceptors (Lipinski definition) is 6. The summed E-state index contributed by atoms with van der Waals surface area (Å²) in [5, 5.41) is 2.57. The van der Waals surface area contributed by atoms with Crippen LogP contribution in [0.3, 0.4) is 0 Å². The maximum Gasteiger partial charge on any atom is 0.251 e. The molecule has 0 aliphatic carbocycles. The van der Waals surface area contributed by atoms with Gasteiger partial charge in [0.2, 0.25) is 16.8 Å². The van der Waals surface area contributed by atoms with Gasteiger partial charge in [0.25, 0.3) is 5.91 Å². The number of fused-ring (bicyclic) bond motifs is 1.